The summed E-state index contributed by atoms with van der Waals surface area (Å²) >= 11 is 0. The lowest BCUT2D eigenvalue weighted by atomic mass is 10.4. The molecule has 1 heterocycles. The molecule has 2 aromatic rings. The summed E-state index contributed by atoms with van der Waals surface area (Å²) in [5, 5.41) is 2.56. The van der Waals surface area contributed by atoms with E-state index in [-0.39, 0.29) is 0 Å². The highest BCUT2D eigenvalue weighted by atomic mass is 28.4. The maximum atomic E-state index is 6.35. The third-order valence-electron chi connectivity index (χ3n) is 4.67. The number of benzene rings is 2. The molecular formula is C18H22O2Si2. The van der Waals surface area contributed by atoms with Gasteiger partial charge in [0.1, 0.15) is 0 Å². The molecule has 2 unspecified atom stereocenters. The minimum Gasteiger partial charge on any atom is -0.407 e. The summed E-state index contributed by atoms with van der Waals surface area (Å²) in [4.78, 5) is 1.20. The Bertz CT molecular complexity index is 602. The van der Waals surface area contributed by atoms with Gasteiger partial charge in [0.15, 0.2) is 0 Å². The van der Waals surface area contributed by atoms with Crippen LogP contribution in [0.2, 0.25) is 13.1 Å². The number of hydrogen-bond acceptors (Lipinski definition) is 2. The molecule has 0 N–H and O–H groups in total. The van der Waals surface area contributed by atoms with Crippen molar-refractivity contribution >= 4 is 27.0 Å². The standard InChI is InChI=1S/C18H22O2Si2/c1-16-21(2,17-10-6-4-7-11-17)19-14-15-20-22(16,3)18-12-8-5-9-13-18/h4-13H,1,14-15H2,2-3H3. The molecule has 2 nitrogen and oxygen atoms in total. The van der Waals surface area contributed by atoms with Gasteiger partial charge in [-0.2, -0.15) is 0 Å². The first kappa shape index (κ1) is 15.4. The van der Waals surface area contributed by atoms with Crippen LogP contribution in [0.15, 0.2) is 72.1 Å². The summed E-state index contributed by atoms with van der Waals surface area (Å²) < 4.78 is 12.7. The fourth-order valence-electron chi connectivity index (χ4n) is 3.15. The third-order valence-corrected chi connectivity index (χ3v) is 14.3. The van der Waals surface area contributed by atoms with Gasteiger partial charge in [0.2, 0.25) is 16.6 Å². The Labute approximate surface area is 134 Å². The second-order valence-electron chi connectivity index (χ2n) is 5.97. The molecule has 0 aliphatic carbocycles. The predicted octanol–water partition coefficient (Wildman–Crippen LogP) is 2.63. The average Bonchev–Trinajstić information content (AvgIpc) is 2.70. The van der Waals surface area contributed by atoms with E-state index in [1.807, 2.05) is 12.1 Å². The highest BCUT2D eigenvalue weighted by molar-refractivity contribution is 7.11. The average molecular weight is 327 g/mol. The molecule has 114 valence electrons. The van der Waals surface area contributed by atoms with Gasteiger partial charge in [0.25, 0.3) is 0 Å². The van der Waals surface area contributed by atoms with Gasteiger partial charge in [-0.3, -0.25) is 0 Å². The van der Waals surface area contributed by atoms with E-state index in [1.165, 1.54) is 15.2 Å². The number of hydrogen-bond donors (Lipinski definition) is 0. The Balaban J connectivity index is 2.09. The molecule has 0 aromatic heterocycles. The molecule has 2 atom stereocenters. The monoisotopic (exact) mass is 326 g/mol. The Hall–Kier alpha value is -1.47. The van der Waals surface area contributed by atoms with Crippen molar-refractivity contribution in [3.05, 3.63) is 72.1 Å². The first-order chi connectivity index (χ1) is 10.6. The van der Waals surface area contributed by atoms with Crippen molar-refractivity contribution < 1.29 is 8.85 Å². The van der Waals surface area contributed by atoms with Crippen LogP contribution in [0, 0.1) is 0 Å². The zero-order valence-corrected chi connectivity index (χ0v) is 15.2. The summed E-state index contributed by atoms with van der Waals surface area (Å²) in [6.45, 7) is 10.3. The first-order valence-electron chi connectivity index (χ1n) is 7.66. The van der Waals surface area contributed by atoms with Gasteiger partial charge in [0, 0.05) is 0 Å². The van der Waals surface area contributed by atoms with Gasteiger partial charge in [0.05, 0.1) is 13.2 Å². The van der Waals surface area contributed by atoms with E-state index in [4.69, 9.17) is 8.85 Å². The van der Waals surface area contributed by atoms with Crippen molar-refractivity contribution in [2.45, 2.75) is 13.1 Å². The van der Waals surface area contributed by atoms with Crippen LogP contribution in [-0.2, 0) is 8.85 Å². The summed E-state index contributed by atoms with van der Waals surface area (Å²) in [7, 11) is -4.48. The van der Waals surface area contributed by atoms with Crippen molar-refractivity contribution in [3.8, 4) is 0 Å². The lowest BCUT2D eigenvalue weighted by molar-refractivity contribution is 0.224. The molecule has 1 saturated heterocycles. The van der Waals surface area contributed by atoms with Crippen LogP contribution < -0.4 is 10.4 Å². The Morgan fingerprint density at radius 2 is 1.09 bits per heavy atom. The fraction of sp³-hybridized carbons (Fsp3) is 0.222. The van der Waals surface area contributed by atoms with E-state index in [0.29, 0.717) is 13.2 Å². The van der Waals surface area contributed by atoms with Gasteiger partial charge in [-0.15, -0.1) is 6.58 Å². The largest absolute Gasteiger partial charge is 0.407 e. The van der Waals surface area contributed by atoms with Gasteiger partial charge in [-0.05, 0) is 28.3 Å². The van der Waals surface area contributed by atoms with Gasteiger partial charge in [-0.25, -0.2) is 0 Å². The molecule has 2 aromatic carbocycles. The SMILES string of the molecule is C=C1[Si](C)(c2ccccc2)OCCO[Si]1(C)c1ccccc1. The van der Waals surface area contributed by atoms with Crippen LogP contribution in [0.1, 0.15) is 0 Å². The maximum absolute atomic E-state index is 6.35. The molecule has 0 radical (unpaired) electrons. The van der Waals surface area contributed by atoms with E-state index in [2.05, 4.69) is 68.2 Å². The van der Waals surface area contributed by atoms with Crippen molar-refractivity contribution in [1.82, 2.24) is 0 Å². The molecule has 0 amide bonds. The van der Waals surface area contributed by atoms with Crippen molar-refractivity contribution in [3.63, 3.8) is 0 Å². The maximum Gasteiger partial charge on any atom is 0.247 e. The van der Waals surface area contributed by atoms with Crippen molar-refractivity contribution in [2.24, 2.45) is 0 Å². The van der Waals surface area contributed by atoms with Crippen molar-refractivity contribution in [1.29, 1.82) is 0 Å². The molecule has 0 bridgehead atoms. The van der Waals surface area contributed by atoms with Crippen LogP contribution in [0.5, 0.6) is 0 Å². The van der Waals surface area contributed by atoms with Crippen LogP contribution in [0.25, 0.3) is 0 Å². The molecule has 4 heteroatoms. The summed E-state index contributed by atoms with van der Waals surface area (Å²) in [5.74, 6) is 0. The minimum absolute atomic E-state index is 0.645. The highest BCUT2D eigenvalue weighted by Crippen LogP contribution is 2.28. The zero-order chi connectivity index (χ0) is 15.6. The van der Waals surface area contributed by atoms with Crippen LogP contribution in [-0.4, -0.2) is 29.8 Å². The van der Waals surface area contributed by atoms with Gasteiger partial charge < -0.3 is 8.85 Å². The van der Waals surface area contributed by atoms with E-state index in [0.717, 1.165) is 0 Å². The summed E-state index contributed by atoms with van der Waals surface area (Å²) in [5.41, 5.74) is 0. The Morgan fingerprint density at radius 3 is 1.45 bits per heavy atom. The van der Waals surface area contributed by atoms with Crippen LogP contribution in [0.3, 0.4) is 0 Å². The van der Waals surface area contributed by atoms with E-state index >= 15 is 0 Å². The zero-order valence-electron chi connectivity index (χ0n) is 13.2. The van der Waals surface area contributed by atoms with Crippen molar-refractivity contribution in [2.75, 3.05) is 13.2 Å². The lowest BCUT2D eigenvalue weighted by Crippen LogP contribution is -2.61. The summed E-state index contributed by atoms with van der Waals surface area (Å²) in [6, 6.07) is 21.1. The third kappa shape index (κ3) is 2.52. The smallest absolute Gasteiger partial charge is 0.247 e. The molecule has 0 spiro atoms. The second kappa shape index (κ2) is 5.97. The molecule has 1 fully saturated rings. The van der Waals surface area contributed by atoms with E-state index in [9.17, 15) is 0 Å². The molecular weight excluding hydrogens is 304 g/mol. The lowest BCUT2D eigenvalue weighted by Gasteiger charge is -2.35. The molecule has 1 aliphatic rings. The molecule has 22 heavy (non-hydrogen) atoms. The normalized spacial score (nSPS) is 29.1. The van der Waals surface area contributed by atoms with Gasteiger partial charge in [-0.1, -0.05) is 60.7 Å². The predicted molar refractivity (Wildman–Crippen MR) is 96.4 cm³/mol. The minimum atomic E-state index is -2.24. The highest BCUT2D eigenvalue weighted by Gasteiger charge is 2.49. The van der Waals surface area contributed by atoms with Crippen LogP contribution >= 0.6 is 0 Å². The van der Waals surface area contributed by atoms with E-state index < -0.39 is 16.6 Å². The molecule has 3 rings (SSSR count). The molecule has 1 aliphatic heterocycles. The summed E-state index contributed by atoms with van der Waals surface area (Å²) in [6.07, 6.45) is 0. The van der Waals surface area contributed by atoms with Crippen LogP contribution in [0.4, 0.5) is 0 Å². The topological polar surface area (TPSA) is 18.5 Å². The second-order valence-corrected chi connectivity index (χ2v) is 13.5. The fourth-order valence-corrected chi connectivity index (χ4v) is 12.1. The van der Waals surface area contributed by atoms with E-state index in [1.54, 1.807) is 0 Å². The van der Waals surface area contributed by atoms with Gasteiger partial charge >= 0.3 is 0 Å². The molecule has 0 saturated carbocycles. The Kier molecular flexibility index (Phi) is 4.19. The number of rotatable bonds is 2. The first-order valence-corrected chi connectivity index (χ1v) is 12.5. The Morgan fingerprint density at radius 1 is 0.727 bits per heavy atom. The quantitative estimate of drug-likeness (QED) is 0.790.